The predicted molar refractivity (Wildman–Crippen MR) is 89.8 cm³/mol. The first-order valence-corrected chi connectivity index (χ1v) is 9.18. The molecule has 1 saturated heterocycles. The van der Waals surface area contributed by atoms with E-state index >= 15 is 0 Å². The van der Waals surface area contributed by atoms with E-state index < -0.39 is 12.0 Å². The van der Waals surface area contributed by atoms with Crippen LogP contribution in [0.15, 0.2) is 40.3 Å². The second-order valence-corrected chi connectivity index (χ2v) is 7.21. The molecule has 0 unspecified atom stereocenters. The van der Waals surface area contributed by atoms with Gasteiger partial charge in [0, 0.05) is 12.7 Å². The van der Waals surface area contributed by atoms with Gasteiger partial charge in [0.1, 0.15) is 17.2 Å². The quantitative estimate of drug-likeness (QED) is 0.599. The summed E-state index contributed by atoms with van der Waals surface area (Å²) in [7, 11) is 0. The third kappa shape index (κ3) is 3.39. The van der Waals surface area contributed by atoms with Gasteiger partial charge in [0.25, 0.3) is 0 Å². The molecule has 2 aromatic rings. The highest BCUT2D eigenvalue weighted by Gasteiger charge is 2.43. The molecule has 6 nitrogen and oxygen atoms in total. The van der Waals surface area contributed by atoms with Gasteiger partial charge in [-0.05, 0) is 23.6 Å². The van der Waals surface area contributed by atoms with E-state index in [1.807, 2.05) is 0 Å². The topological polar surface area (TPSA) is 76.8 Å². The standard InChI is InChI=1S/C16H15NO5S2/c1-10(18)17-11(9-24-15(17)13-4-2-6-21-13)16(20)22-8-12(19)14-5-3-7-23-14/h2-7,11,15H,8-9H2,1H3/t11-,15+/m1/s1. The molecule has 8 heteroatoms. The zero-order valence-electron chi connectivity index (χ0n) is 12.8. The summed E-state index contributed by atoms with van der Waals surface area (Å²) in [5, 5.41) is 1.43. The fourth-order valence-electron chi connectivity index (χ4n) is 2.46. The lowest BCUT2D eigenvalue weighted by molar-refractivity contribution is -0.152. The van der Waals surface area contributed by atoms with Crippen molar-refractivity contribution in [1.29, 1.82) is 0 Å². The SMILES string of the molecule is CC(=O)N1[C@@H](C(=O)OCC(=O)c2cccs2)CS[C@H]1c1ccco1. The molecule has 24 heavy (non-hydrogen) atoms. The number of esters is 1. The zero-order valence-corrected chi connectivity index (χ0v) is 14.5. The molecule has 2 atom stereocenters. The maximum absolute atomic E-state index is 12.3. The Morgan fingerprint density at radius 1 is 1.33 bits per heavy atom. The van der Waals surface area contributed by atoms with Gasteiger partial charge in [-0.25, -0.2) is 4.79 Å². The molecule has 0 aliphatic carbocycles. The molecule has 1 fully saturated rings. The number of amides is 1. The molecular formula is C16H15NO5S2. The van der Waals surface area contributed by atoms with Gasteiger partial charge in [-0.3, -0.25) is 9.59 Å². The summed E-state index contributed by atoms with van der Waals surface area (Å²) in [6.45, 7) is 1.08. The first-order chi connectivity index (χ1) is 11.6. The average Bonchev–Trinajstić information content (AvgIpc) is 3.32. The van der Waals surface area contributed by atoms with Crippen LogP contribution in [0, 0.1) is 0 Å². The number of hydrogen-bond acceptors (Lipinski definition) is 7. The Labute approximate surface area is 146 Å². The maximum Gasteiger partial charge on any atom is 0.330 e. The predicted octanol–water partition coefficient (Wildman–Crippen LogP) is 2.73. The van der Waals surface area contributed by atoms with Gasteiger partial charge < -0.3 is 14.1 Å². The van der Waals surface area contributed by atoms with Crippen molar-refractivity contribution >= 4 is 40.8 Å². The molecule has 0 spiro atoms. The molecule has 1 amide bonds. The normalized spacial score (nSPS) is 20.1. The van der Waals surface area contributed by atoms with Gasteiger partial charge in [0.2, 0.25) is 11.7 Å². The summed E-state index contributed by atoms with van der Waals surface area (Å²) in [5.41, 5.74) is 0. The van der Waals surface area contributed by atoms with Crippen molar-refractivity contribution < 1.29 is 23.5 Å². The van der Waals surface area contributed by atoms with Crippen LogP contribution >= 0.6 is 23.1 Å². The number of Topliss-reactive ketones (excluding diaryl/α,β-unsaturated/α-hetero) is 1. The Balaban J connectivity index is 1.65. The van der Waals surface area contributed by atoms with Crippen LogP contribution in [0.2, 0.25) is 0 Å². The molecule has 0 bridgehead atoms. The summed E-state index contributed by atoms with van der Waals surface area (Å²) in [6.07, 6.45) is 1.53. The minimum Gasteiger partial charge on any atom is -0.466 e. The van der Waals surface area contributed by atoms with Crippen molar-refractivity contribution in [3.63, 3.8) is 0 Å². The van der Waals surface area contributed by atoms with Crippen LogP contribution in [0.25, 0.3) is 0 Å². The summed E-state index contributed by atoms with van der Waals surface area (Å²) in [6, 6.07) is 6.22. The summed E-state index contributed by atoms with van der Waals surface area (Å²) >= 11 is 2.73. The van der Waals surface area contributed by atoms with Crippen molar-refractivity contribution in [2.45, 2.75) is 18.3 Å². The van der Waals surface area contributed by atoms with Crippen LogP contribution in [0.1, 0.15) is 27.7 Å². The molecule has 0 aromatic carbocycles. The molecule has 1 aliphatic heterocycles. The third-order valence-corrected chi connectivity index (χ3v) is 5.76. The monoisotopic (exact) mass is 365 g/mol. The Morgan fingerprint density at radius 3 is 2.79 bits per heavy atom. The van der Waals surface area contributed by atoms with Crippen LogP contribution in [-0.4, -0.2) is 41.0 Å². The summed E-state index contributed by atoms with van der Waals surface area (Å²) in [4.78, 5) is 38.2. The van der Waals surface area contributed by atoms with E-state index in [0.29, 0.717) is 16.4 Å². The number of hydrogen-bond donors (Lipinski definition) is 0. The smallest absolute Gasteiger partial charge is 0.330 e. The molecule has 126 valence electrons. The average molecular weight is 365 g/mol. The van der Waals surface area contributed by atoms with Gasteiger partial charge in [-0.1, -0.05) is 6.07 Å². The van der Waals surface area contributed by atoms with Crippen LogP contribution in [0.5, 0.6) is 0 Å². The number of ketones is 1. The zero-order chi connectivity index (χ0) is 17.1. The minimum atomic E-state index is -0.723. The lowest BCUT2D eigenvalue weighted by atomic mass is 10.2. The Hall–Kier alpha value is -2.06. The van der Waals surface area contributed by atoms with Crippen LogP contribution in [0.4, 0.5) is 0 Å². The molecule has 0 radical (unpaired) electrons. The Morgan fingerprint density at radius 2 is 2.17 bits per heavy atom. The highest BCUT2D eigenvalue weighted by Crippen LogP contribution is 2.41. The van der Waals surface area contributed by atoms with Crippen molar-refractivity contribution in [1.82, 2.24) is 4.90 Å². The van der Waals surface area contributed by atoms with E-state index in [9.17, 15) is 14.4 Å². The third-order valence-electron chi connectivity index (χ3n) is 3.56. The lowest BCUT2D eigenvalue weighted by Crippen LogP contribution is -2.43. The molecule has 3 rings (SSSR count). The highest BCUT2D eigenvalue weighted by molar-refractivity contribution is 7.99. The van der Waals surface area contributed by atoms with E-state index in [2.05, 4.69) is 0 Å². The minimum absolute atomic E-state index is 0.243. The number of thioether (sulfide) groups is 1. The number of nitrogens with zero attached hydrogens (tertiary/aromatic N) is 1. The molecule has 0 saturated carbocycles. The summed E-state index contributed by atoms with van der Waals surface area (Å²) in [5.74, 6) is -0.0533. The molecule has 2 aromatic heterocycles. The first kappa shape index (κ1) is 16.8. The van der Waals surface area contributed by atoms with E-state index in [1.165, 1.54) is 41.2 Å². The summed E-state index contributed by atoms with van der Waals surface area (Å²) < 4.78 is 10.5. The van der Waals surface area contributed by atoms with Crippen LogP contribution < -0.4 is 0 Å². The maximum atomic E-state index is 12.3. The van der Waals surface area contributed by atoms with Crippen molar-refractivity contribution in [3.8, 4) is 0 Å². The van der Waals surface area contributed by atoms with E-state index in [1.54, 1.807) is 29.6 Å². The van der Waals surface area contributed by atoms with Gasteiger partial charge >= 0.3 is 5.97 Å². The fraction of sp³-hybridized carbons (Fsp3) is 0.312. The first-order valence-electron chi connectivity index (χ1n) is 7.25. The Bertz CT molecular complexity index is 726. The Kier molecular flexibility index (Phi) is 5.06. The molecular weight excluding hydrogens is 350 g/mol. The second kappa shape index (κ2) is 7.23. The molecule has 1 aliphatic rings. The van der Waals surface area contributed by atoms with Gasteiger partial charge in [0.05, 0.1) is 11.1 Å². The highest BCUT2D eigenvalue weighted by atomic mass is 32.2. The number of carbonyl (C=O) groups excluding carboxylic acids is 3. The number of rotatable bonds is 5. The number of furan rings is 1. The van der Waals surface area contributed by atoms with E-state index in [-0.39, 0.29) is 23.7 Å². The largest absolute Gasteiger partial charge is 0.466 e. The lowest BCUT2D eigenvalue weighted by Gasteiger charge is -2.25. The van der Waals surface area contributed by atoms with Crippen LogP contribution in [0.3, 0.4) is 0 Å². The van der Waals surface area contributed by atoms with Crippen molar-refractivity contribution in [2.24, 2.45) is 0 Å². The second-order valence-electron chi connectivity index (χ2n) is 5.15. The van der Waals surface area contributed by atoms with Gasteiger partial charge in [0.15, 0.2) is 6.61 Å². The molecule has 0 N–H and O–H groups in total. The number of carbonyl (C=O) groups is 3. The van der Waals surface area contributed by atoms with E-state index in [4.69, 9.17) is 9.15 Å². The number of thiophene rings is 1. The van der Waals surface area contributed by atoms with Gasteiger partial charge in [-0.15, -0.1) is 23.1 Å². The molecule has 3 heterocycles. The fourth-order valence-corrected chi connectivity index (χ4v) is 4.53. The van der Waals surface area contributed by atoms with E-state index in [0.717, 1.165) is 0 Å². The van der Waals surface area contributed by atoms with Crippen LogP contribution in [-0.2, 0) is 14.3 Å². The van der Waals surface area contributed by atoms with Crippen molar-refractivity contribution in [3.05, 3.63) is 46.5 Å². The number of ether oxygens (including phenoxy) is 1. The van der Waals surface area contributed by atoms with Gasteiger partial charge in [-0.2, -0.15) is 0 Å². The van der Waals surface area contributed by atoms with Crippen molar-refractivity contribution in [2.75, 3.05) is 12.4 Å².